The molecular formula is C10H12N4O2S. The summed E-state index contributed by atoms with van der Waals surface area (Å²) in [5, 5.41) is 8.51. The highest BCUT2D eigenvalue weighted by atomic mass is 32.1. The summed E-state index contributed by atoms with van der Waals surface area (Å²) in [6.07, 6.45) is 2.33. The van der Waals surface area contributed by atoms with Gasteiger partial charge in [-0.05, 0) is 13.0 Å². The molecule has 3 amide bonds. The van der Waals surface area contributed by atoms with Gasteiger partial charge >= 0.3 is 6.03 Å². The molecule has 2 saturated heterocycles. The molecule has 1 spiro atoms. The number of aromatic nitrogens is 1. The first-order chi connectivity index (χ1) is 8.21. The second kappa shape index (κ2) is 3.78. The fraction of sp³-hybridized carbons (Fsp3) is 0.500. The molecular weight excluding hydrogens is 240 g/mol. The molecule has 6 nitrogen and oxygen atoms in total. The number of rotatable bonds is 2. The minimum absolute atomic E-state index is 0.136. The smallest absolute Gasteiger partial charge is 0.322 e. The van der Waals surface area contributed by atoms with Crippen LogP contribution in [0.1, 0.15) is 11.4 Å². The number of nitrogens with one attached hydrogen (secondary N) is 2. The molecule has 0 aliphatic carbocycles. The van der Waals surface area contributed by atoms with E-state index in [0.717, 1.165) is 11.6 Å². The van der Waals surface area contributed by atoms with Gasteiger partial charge in [0.15, 0.2) is 0 Å². The third-order valence-corrected chi connectivity index (χ3v) is 3.94. The summed E-state index contributed by atoms with van der Waals surface area (Å²) in [6.45, 7) is 1.55. The molecule has 0 radical (unpaired) electrons. The van der Waals surface area contributed by atoms with Gasteiger partial charge in [-0.1, -0.05) is 0 Å². The van der Waals surface area contributed by atoms with Crippen molar-refractivity contribution in [2.45, 2.75) is 18.5 Å². The normalized spacial score (nSPS) is 28.1. The highest BCUT2D eigenvalue weighted by Crippen LogP contribution is 2.25. The molecule has 3 rings (SSSR count). The van der Waals surface area contributed by atoms with Crippen molar-refractivity contribution in [2.75, 3.05) is 13.1 Å². The third kappa shape index (κ3) is 1.62. The molecule has 2 N–H and O–H groups in total. The lowest BCUT2D eigenvalue weighted by atomic mass is 9.99. The van der Waals surface area contributed by atoms with Crippen molar-refractivity contribution in [1.82, 2.24) is 20.5 Å². The van der Waals surface area contributed by atoms with Gasteiger partial charge < -0.3 is 10.6 Å². The van der Waals surface area contributed by atoms with Crippen molar-refractivity contribution < 1.29 is 9.59 Å². The van der Waals surface area contributed by atoms with E-state index >= 15 is 0 Å². The number of amides is 3. The highest BCUT2D eigenvalue weighted by Gasteiger charge is 2.52. The minimum atomic E-state index is -0.714. The Morgan fingerprint density at radius 3 is 3.06 bits per heavy atom. The summed E-state index contributed by atoms with van der Waals surface area (Å²) in [5.74, 6) is -0.136. The van der Waals surface area contributed by atoms with Gasteiger partial charge in [0, 0.05) is 18.1 Å². The molecule has 0 saturated carbocycles. The molecule has 3 heterocycles. The first-order valence-electron chi connectivity index (χ1n) is 5.44. The van der Waals surface area contributed by atoms with Gasteiger partial charge in [0.2, 0.25) is 0 Å². The van der Waals surface area contributed by atoms with Gasteiger partial charge in [-0.25, -0.2) is 9.78 Å². The SMILES string of the molecule is O=C1NC2(CCNC2)C(=O)N1Cc1nccs1. The van der Waals surface area contributed by atoms with Crippen LogP contribution in [0.5, 0.6) is 0 Å². The fourth-order valence-corrected chi connectivity index (χ4v) is 2.87. The Labute approximate surface area is 102 Å². The molecule has 17 heavy (non-hydrogen) atoms. The van der Waals surface area contributed by atoms with Crippen molar-refractivity contribution in [1.29, 1.82) is 0 Å². The van der Waals surface area contributed by atoms with Gasteiger partial charge in [0.05, 0.1) is 6.54 Å². The van der Waals surface area contributed by atoms with E-state index in [4.69, 9.17) is 0 Å². The Morgan fingerprint density at radius 1 is 1.53 bits per heavy atom. The maximum absolute atomic E-state index is 12.2. The van der Waals surface area contributed by atoms with Gasteiger partial charge in [0.1, 0.15) is 10.5 Å². The molecule has 2 aliphatic rings. The summed E-state index contributed by atoms with van der Waals surface area (Å²) < 4.78 is 0. The zero-order valence-electron chi connectivity index (χ0n) is 9.10. The Balaban J connectivity index is 1.82. The number of thiazole rings is 1. The van der Waals surface area contributed by atoms with Crippen molar-refractivity contribution >= 4 is 23.3 Å². The van der Waals surface area contributed by atoms with Crippen LogP contribution in [-0.2, 0) is 11.3 Å². The Morgan fingerprint density at radius 2 is 2.41 bits per heavy atom. The van der Waals surface area contributed by atoms with Crippen LogP contribution in [0.3, 0.4) is 0 Å². The maximum Gasteiger partial charge on any atom is 0.325 e. The predicted molar refractivity (Wildman–Crippen MR) is 61.4 cm³/mol. The Kier molecular flexibility index (Phi) is 2.37. The molecule has 2 aliphatic heterocycles. The summed E-state index contributed by atoms with van der Waals surface area (Å²) >= 11 is 1.44. The molecule has 90 valence electrons. The number of hydrogen-bond acceptors (Lipinski definition) is 5. The van der Waals surface area contributed by atoms with Crippen molar-refractivity contribution in [3.05, 3.63) is 16.6 Å². The number of imide groups is 1. The van der Waals surface area contributed by atoms with Crippen molar-refractivity contribution in [3.63, 3.8) is 0 Å². The molecule has 1 atom stereocenters. The average molecular weight is 252 g/mol. The number of hydrogen-bond donors (Lipinski definition) is 2. The monoisotopic (exact) mass is 252 g/mol. The highest BCUT2D eigenvalue weighted by molar-refractivity contribution is 7.09. The first-order valence-corrected chi connectivity index (χ1v) is 6.32. The van der Waals surface area contributed by atoms with Crippen molar-refractivity contribution in [3.8, 4) is 0 Å². The lowest BCUT2D eigenvalue weighted by Crippen LogP contribution is -2.48. The lowest BCUT2D eigenvalue weighted by molar-refractivity contribution is -0.131. The van der Waals surface area contributed by atoms with E-state index < -0.39 is 5.54 Å². The van der Waals surface area contributed by atoms with E-state index in [1.54, 1.807) is 6.20 Å². The number of nitrogens with zero attached hydrogens (tertiary/aromatic N) is 2. The third-order valence-electron chi connectivity index (χ3n) is 3.18. The number of carbonyl (C=O) groups is 2. The Hall–Kier alpha value is -1.47. The second-order valence-electron chi connectivity index (χ2n) is 4.26. The van der Waals surface area contributed by atoms with E-state index in [1.807, 2.05) is 5.38 Å². The van der Waals surface area contributed by atoms with Crippen LogP contribution in [0, 0.1) is 0 Å². The van der Waals surface area contributed by atoms with Gasteiger partial charge in [-0.3, -0.25) is 9.69 Å². The molecule has 1 unspecified atom stereocenters. The van der Waals surface area contributed by atoms with Crippen LogP contribution in [0.4, 0.5) is 4.79 Å². The van der Waals surface area contributed by atoms with Gasteiger partial charge in [0.25, 0.3) is 5.91 Å². The summed E-state index contributed by atoms with van der Waals surface area (Å²) in [6, 6.07) is -0.311. The summed E-state index contributed by atoms with van der Waals surface area (Å²) in [4.78, 5) is 29.4. The van der Waals surface area contributed by atoms with Crippen LogP contribution in [0.15, 0.2) is 11.6 Å². The summed E-state index contributed by atoms with van der Waals surface area (Å²) in [5.41, 5.74) is -0.714. The fourth-order valence-electron chi connectivity index (χ4n) is 2.27. The maximum atomic E-state index is 12.2. The topological polar surface area (TPSA) is 74.3 Å². The van der Waals surface area contributed by atoms with E-state index in [9.17, 15) is 9.59 Å². The molecule has 0 bridgehead atoms. The average Bonchev–Trinajstić information content (AvgIpc) is 2.99. The van der Waals surface area contributed by atoms with Crippen LogP contribution in [0.25, 0.3) is 0 Å². The van der Waals surface area contributed by atoms with E-state index in [0.29, 0.717) is 13.0 Å². The Bertz CT molecular complexity index is 453. The molecule has 0 aromatic carbocycles. The number of carbonyl (C=O) groups excluding carboxylic acids is 2. The van der Waals surface area contributed by atoms with Crippen LogP contribution in [0.2, 0.25) is 0 Å². The van der Waals surface area contributed by atoms with Crippen LogP contribution in [-0.4, -0.2) is 40.5 Å². The lowest BCUT2D eigenvalue weighted by Gasteiger charge is -2.18. The molecule has 7 heteroatoms. The van der Waals surface area contributed by atoms with E-state index in [1.165, 1.54) is 16.2 Å². The standard InChI is InChI=1S/C10H12N4O2S/c15-8-10(1-2-11-6-10)13-9(16)14(8)5-7-12-3-4-17-7/h3-4,11H,1-2,5-6H2,(H,13,16). The van der Waals surface area contributed by atoms with E-state index in [-0.39, 0.29) is 18.5 Å². The molecule has 1 aromatic heterocycles. The van der Waals surface area contributed by atoms with Gasteiger partial charge in [-0.2, -0.15) is 0 Å². The first kappa shape index (κ1) is 10.7. The van der Waals surface area contributed by atoms with Crippen molar-refractivity contribution in [2.24, 2.45) is 0 Å². The quantitative estimate of drug-likeness (QED) is 0.722. The van der Waals surface area contributed by atoms with Crippen LogP contribution < -0.4 is 10.6 Å². The predicted octanol–water partition coefficient (Wildman–Crippen LogP) is -0.0730. The number of urea groups is 1. The minimum Gasteiger partial charge on any atom is -0.322 e. The molecule has 1 aromatic rings. The zero-order chi connectivity index (χ0) is 11.9. The summed E-state index contributed by atoms with van der Waals surface area (Å²) in [7, 11) is 0. The largest absolute Gasteiger partial charge is 0.325 e. The molecule has 2 fully saturated rings. The zero-order valence-corrected chi connectivity index (χ0v) is 9.92. The second-order valence-corrected chi connectivity index (χ2v) is 5.24. The van der Waals surface area contributed by atoms with E-state index in [2.05, 4.69) is 15.6 Å². The van der Waals surface area contributed by atoms with Crippen LogP contribution >= 0.6 is 11.3 Å². The van der Waals surface area contributed by atoms with Gasteiger partial charge in [-0.15, -0.1) is 11.3 Å².